The summed E-state index contributed by atoms with van der Waals surface area (Å²) in [5.74, 6) is 4.64. The van der Waals surface area contributed by atoms with Crippen LogP contribution in [0.4, 0.5) is 0 Å². The first-order valence-electron chi connectivity index (χ1n) is 7.09. The molecule has 2 aromatic rings. The Hall–Kier alpha value is -2.08. The lowest BCUT2D eigenvalue weighted by Crippen LogP contribution is -2.51. The topological polar surface area (TPSA) is 72.6 Å². The van der Waals surface area contributed by atoms with E-state index in [1.807, 2.05) is 30.3 Å². The van der Waals surface area contributed by atoms with E-state index >= 15 is 0 Å². The van der Waals surface area contributed by atoms with Crippen LogP contribution in [0.2, 0.25) is 10.0 Å². The molecule has 126 valence electrons. The summed E-state index contributed by atoms with van der Waals surface area (Å²) in [4.78, 5) is 24.8. The molecule has 1 amide bonds. The summed E-state index contributed by atoms with van der Waals surface area (Å²) < 4.78 is 4.77. The number of hydrazine groups is 1. The van der Waals surface area contributed by atoms with E-state index in [0.717, 1.165) is 10.6 Å². The minimum atomic E-state index is -1.00. The number of benzene rings is 2. The molecule has 7 heteroatoms. The van der Waals surface area contributed by atoms with Crippen LogP contribution in [0.1, 0.15) is 15.9 Å². The van der Waals surface area contributed by atoms with Crippen molar-refractivity contribution in [3.05, 3.63) is 69.7 Å². The Morgan fingerprint density at radius 2 is 1.67 bits per heavy atom. The molecule has 24 heavy (non-hydrogen) atoms. The van der Waals surface area contributed by atoms with Crippen LogP contribution >= 0.6 is 23.2 Å². The predicted octanol–water partition coefficient (Wildman–Crippen LogP) is 3.09. The van der Waals surface area contributed by atoms with Gasteiger partial charge in [0.2, 0.25) is 0 Å². The highest BCUT2D eigenvalue weighted by Crippen LogP contribution is 2.26. The number of nitrogens with two attached hydrogens (primary N) is 1. The van der Waals surface area contributed by atoms with Gasteiger partial charge in [0.25, 0.3) is 5.91 Å². The third kappa shape index (κ3) is 4.06. The number of methoxy groups -OCH3 is 1. The molecule has 0 aliphatic carbocycles. The second-order valence-electron chi connectivity index (χ2n) is 5.04. The van der Waals surface area contributed by atoms with Gasteiger partial charge in [-0.2, -0.15) is 0 Å². The maximum absolute atomic E-state index is 12.7. The van der Waals surface area contributed by atoms with Gasteiger partial charge < -0.3 is 4.74 Å². The molecule has 2 aromatic carbocycles. The van der Waals surface area contributed by atoms with Crippen LogP contribution in [0, 0.1) is 0 Å². The normalized spacial score (nSPS) is 11.7. The fraction of sp³-hybridized carbons (Fsp3) is 0.176. The number of amides is 1. The van der Waals surface area contributed by atoms with Crippen molar-refractivity contribution in [1.82, 2.24) is 5.01 Å². The second-order valence-corrected chi connectivity index (χ2v) is 5.85. The van der Waals surface area contributed by atoms with E-state index in [-0.39, 0.29) is 22.0 Å². The van der Waals surface area contributed by atoms with Crippen LogP contribution < -0.4 is 5.84 Å². The Labute approximate surface area is 149 Å². The monoisotopic (exact) mass is 366 g/mol. The van der Waals surface area contributed by atoms with Crippen LogP contribution in [-0.2, 0) is 16.0 Å². The van der Waals surface area contributed by atoms with E-state index in [2.05, 4.69) is 0 Å². The molecule has 0 radical (unpaired) electrons. The molecule has 0 aromatic heterocycles. The van der Waals surface area contributed by atoms with Gasteiger partial charge in [-0.25, -0.2) is 10.6 Å². The average Bonchev–Trinajstić information content (AvgIpc) is 2.59. The van der Waals surface area contributed by atoms with Gasteiger partial charge in [0.15, 0.2) is 0 Å². The highest BCUT2D eigenvalue weighted by atomic mass is 35.5. The lowest BCUT2D eigenvalue weighted by molar-refractivity contribution is -0.146. The van der Waals surface area contributed by atoms with Crippen molar-refractivity contribution in [2.24, 2.45) is 5.84 Å². The number of carbonyl (C=O) groups is 2. The summed E-state index contributed by atoms with van der Waals surface area (Å²) in [5.41, 5.74) is 0.881. The van der Waals surface area contributed by atoms with Gasteiger partial charge in [0.1, 0.15) is 6.04 Å². The Balaban J connectivity index is 2.32. The SMILES string of the molecule is COC(=O)[C@H](Cc1ccccc1)N(N)C(=O)c1c(Cl)cccc1Cl. The van der Waals surface area contributed by atoms with Crippen LogP contribution in [-0.4, -0.2) is 30.0 Å². The molecule has 0 fully saturated rings. The van der Waals surface area contributed by atoms with E-state index in [1.54, 1.807) is 6.07 Å². The summed E-state index contributed by atoms with van der Waals surface area (Å²) in [6.07, 6.45) is 0.206. The zero-order valence-electron chi connectivity index (χ0n) is 12.9. The van der Waals surface area contributed by atoms with E-state index in [4.69, 9.17) is 33.8 Å². The molecule has 0 saturated carbocycles. The van der Waals surface area contributed by atoms with Crippen molar-refractivity contribution in [3.63, 3.8) is 0 Å². The molecule has 0 heterocycles. The van der Waals surface area contributed by atoms with Crippen LogP contribution in [0.15, 0.2) is 48.5 Å². The lowest BCUT2D eigenvalue weighted by Gasteiger charge is -2.26. The largest absolute Gasteiger partial charge is 0.467 e. The van der Waals surface area contributed by atoms with Crippen molar-refractivity contribution in [2.75, 3.05) is 7.11 Å². The predicted molar refractivity (Wildman–Crippen MR) is 92.8 cm³/mol. The van der Waals surface area contributed by atoms with Crippen LogP contribution in [0.25, 0.3) is 0 Å². The van der Waals surface area contributed by atoms with Gasteiger partial charge in [-0.1, -0.05) is 59.6 Å². The molecule has 0 saturated heterocycles. The number of esters is 1. The number of hydrogen-bond donors (Lipinski definition) is 1. The van der Waals surface area contributed by atoms with E-state index in [9.17, 15) is 9.59 Å². The first kappa shape index (κ1) is 18.3. The van der Waals surface area contributed by atoms with Gasteiger partial charge in [0, 0.05) is 6.42 Å². The maximum Gasteiger partial charge on any atom is 0.330 e. The Kier molecular flexibility index (Phi) is 6.20. The quantitative estimate of drug-likeness (QED) is 0.382. The van der Waals surface area contributed by atoms with Crippen molar-refractivity contribution in [1.29, 1.82) is 0 Å². The van der Waals surface area contributed by atoms with Crippen molar-refractivity contribution >= 4 is 35.1 Å². The average molecular weight is 367 g/mol. The first-order valence-corrected chi connectivity index (χ1v) is 7.85. The van der Waals surface area contributed by atoms with E-state index in [0.29, 0.717) is 0 Å². The van der Waals surface area contributed by atoms with Gasteiger partial charge in [-0.15, -0.1) is 0 Å². The van der Waals surface area contributed by atoms with E-state index in [1.165, 1.54) is 19.2 Å². The van der Waals surface area contributed by atoms with Crippen molar-refractivity contribution < 1.29 is 14.3 Å². The Bertz CT molecular complexity index is 718. The molecular weight excluding hydrogens is 351 g/mol. The Morgan fingerprint density at radius 1 is 1.08 bits per heavy atom. The Morgan fingerprint density at radius 3 is 2.21 bits per heavy atom. The van der Waals surface area contributed by atoms with E-state index < -0.39 is 17.9 Å². The molecular formula is C17H16Cl2N2O3. The third-order valence-electron chi connectivity index (χ3n) is 3.49. The number of carbonyl (C=O) groups excluding carboxylic acids is 2. The molecule has 2 N–H and O–H groups in total. The second kappa shape index (κ2) is 8.15. The zero-order chi connectivity index (χ0) is 17.7. The maximum atomic E-state index is 12.7. The molecule has 0 aliphatic heterocycles. The molecule has 1 atom stereocenters. The first-order chi connectivity index (χ1) is 11.5. The summed E-state index contributed by atoms with van der Waals surface area (Å²) in [6, 6.07) is 12.8. The van der Waals surface area contributed by atoms with Crippen molar-refractivity contribution in [3.8, 4) is 0 Å². The minimum Gasteiger partial charge on any atom is -0.467 e. The number of ether oxygens (including phenoxy) is 1. The van der Waals surface area contributed by atoms with Crippen LogP contribution in [0.5, 0.6) is 0 Å². The van der Waals surface area contributed by atoms with Gasteiger partial charge in [0.05, 0.1) is 22.7 Å². The summed E-state index contributed by atoms with van der Waals surface area (Å²) >= 11 is 12.1. The number of nitrogens with zero attached hydrogens (tertiary/aromatic N) is 1. The zero-order valence-corrected chi connectivity index (χ0v) is 14.4. The molecule has 0 aliphatic rings. The van der Waals surface area contributed by atoms with Gasteiger partial charge >= 0.3 is 5.97 Å². The molecule has 5 nitrogen and oxygen atoms in total. The molecule has 2 rings (SSSR count). The summed E-state index contributed by atoms with van der Waals surface area (Å²) in [7, 11) is 1.24. The third-order valence-corrected chi connectivity index (χ3v) is 4.12. The summed E-state index contributed by atoms with van der Waals surface area (Å²) in [6.45, 7) is 0. The number of hydrogen-bond acceptors (Lipinski definition) is 4. The number of halogens is 2. The highest BCUT2D eigenvalue weighted by Gasteiger charge is 2.31. The molecule has 0 unspecified atom stereocenters. The number of rotatable bonds is 5. The lowest BCUT2D eigenvalue weighted by atomic mass is 10.0. The fourth-order valence-electron chi connectivity index (χ4n) is 2.24. The molecule has 0 spiro atoms. The van der Waals surface area contributed by atoms with Gasteiger partial charge in [-0.3, -0.25) is 9.80 Å². The van der Waals surface area contributed by atoms with Gasteiger partial charge in [-0.05, 0) is 17.7 Å². The smallest absolute Gasteiger partial charge is 0.330 e. The van der Waals surface area contributed by atoms with Crippen LogP contribution in [0.3, 0.4) is 0 Å². The highest BCUT2D eigenvalue weighted by molar-refractivity contribution is 6.39. The summed E-state index contributed by atoms with van der Waals surface area (Å²) in [5, 5.41) is 1.13. The van der Waals surface area contributed by atoms with Crippen molar-refractivity contribution in [2.45, 2.75) is 12.5 Å². The fourth-order valence-corrected chi connectivity index (χ4v) is 2.80. The standard InChI is InChI=1S/C17H16Cl2N2O3/c1-24-17(23)14(10-11-6-3-2-4-7-11)21(20)16(22)15-12(18)8-5-9-13(15)19/h2-9,14H,10,20H2,1H3/t14-/m0/s1. The minimum absolute atomic E-state index is 0.0466. The molecule has 0 bridgehead atoms.